The maximum absolute atomic E-state index is 12.2. The van der Waals surface area contributed by atoms with Gasteiger partial charge in [0.2, 0.25) is 0 Å². The number of amides is 1. The molecule has 0 unspecified atom stereocenters. The number of carbonyl (C=O) groups excluding carboxylic acids is 2. The van der Waals surface area contributed by atoms with Crippen molar-refractivity contribution in [1.29, 1.82) is 0 Å². The summed E-state index contributed by atoms with van der Waals surface area (Å²) in [5.74, 6) is -0.548. The number of hydrogen-bond acceptors (Lipinski definition) is 4. The van der Waals surface area contributed by atoms with Gasteiger partial charge in [-0.2, -0.15) is 0 Å². The van der Waals surface area contributed by atoms with Gasteiger partial charge in [-0.05, 0) is 24.8 Å². The molecular formula is C15H22ClN3O3. The number of Topliss-reactive ketones (excluding diaryl/α,β-unsaturated/α-hetero) is 1. The Morgan fingerprint density at radius 3 is 2.64 bits per heavy atom. The van der Waals surface area contributed by atoms with E-state index in [-0.39, 0.29) is 41.8 Å². The summed E-state index contributed by atoms with van der Waals surface area (Å²) in [6.07, 6.45) is 1.02. The highest BCUT2D eigenvalue weighted by molar-refractivity contribution is 6.02. The second-order valence-electron chi connectivity index (χ2n) is 6.46. The van der Waals surface area contributed by atoms with Gasteiger partial charge in [-0.1, -0.05) is 13.8 Å². The fraction of sp³-hybridized carbons (Fsp3) is 0.533. The van der Waals surface area contributed by atoms with Crippen molar-refractivity contribution < 1.29 is 9.59 Å². The topological polar surface area (TPSA) is 105 Å². The van der Waals surface area contributed by atoms with E-state index in [1.54, 1.807) is 6.92 Å². The van der Waals surface area contributed by atoms with Gasteiger partial charge >= 0.3 is 0 Å². The van der Waals surface area contributed by atoms with Crippen LogP contribution in [0, 0.1) is 5.41 Å². The lowest BCUT2D eigenvalue weighted by Crippen LogP contribution is -2.41. The van der Waals surface area contributed by atoms with Crippen LogP contribution in [0.15, 0.2) is 10.9 Å². The normalized spacial score (nSPS) is 17.2. The standard InChI is InChI=1S/C15H21N3O3.ClH/c1-8(7-16)17-13(20)10-4-9-11(18-14(10)21)5-15(2,3)6-12(9)19;/h4,8H,5-7,16H2,1-3H3,(H,17,20)(H,18,21);1H/t8-;/m0./s1. The third kappa shape index (κ3) is 3.75. The van der Waals surface area contributed by atoms with Gasteiger partial charge in [0, 0.05) is 30.3 Å². The van der Waals surface area contributed by atoms with Gasteiger partial charge in [-0.3, -0.25) is 14.4 Å². The highest BCUT2D eigenvalue weighted by Crippen LogP contribution is 2.33. The molecule has 0 aromatic carbocycles. The zero-order chi connectivity index (χ0) is 15.8. The van der Waals surface area contributed by atoms with Crippen LogP contribution in [0.2, 0.25) is 0 Å². The van der Waals surface area contributed by atoms with Crippen molar-refractivity contribution in [2.24, 2.45) is 11.1 Å². The van der Waals surface area contributed by atoms with Gasteiger partial charge in [-0.25, -0.2) is 0 Å². The molecule has 0 bridgehead atoms. The summed E-state index contributed by atoms with van der Waals surface area (Å²) in [5, 5.41) is 2.63. The molecule has 0 fully saturated rings. The zero-order valence-corrected chi connectivity index (χ0v) is 13.8. The van der Waals surface area contributed by atoms with Gasteiger partial charge in [0.05, 0.1) is 0 Å². The molecule has 1 aliphatic carbocycles. The van der Waals surface area contributed by atoms with E-state index in [2.05, 4.69) is 10.3 Å². The number of halogens is 1. The lowest BCUT2D eigenvalue weighted by Gasteiger charge is -2.29. The minimum absolute atomic E-state index is 0. The van der Waals surface area contributed by atoms with E-state index in [1.807, 2.05) is 13.8 Å². The predicted molar refractivity (Wildman–Crippen MR) is 86.7 cm³/mol. The Morgan fingerprint density at radius 1 is 1.41 bits per heavy atom. The summed E-state index contributed by atoms with van der Waals surface area (Å²) in [6.45, 7) is 5.99. The second kappa shape index (κ2) is 6.62. The highest BCUT2D eigenvalue weighted by Gasteiger charge is 2.32. The molecule has 1 aromatic heterocycles. The summed E-state index contributed by atoms with van der Waals surface area (Å²) < 4.78 is 0. The molecule has 0 spiro atoms. The Morgan fingerprint density at radius 2 is 2.05 bits per heavy atom. The third-order valence-electron chi connectivity index (χ3n) is 3.69. The van der Waals surface area contributed by atoms with Gasteiger partial charge in [0.25, 0.3) is 11.5 Å². The molecule has 2 rings (SSSR count). The molecule has 1 aliphatic rings. The maximum atomic E-state index is 12.2. The number of nitrogens with two attached hydrogens (primary N) is 1. The number of aromatic amines is 1. The summed E-state index contributed by atoms with van der Waals surface area (Å²) in [6, 6.07) is 1.17. The first-order chi connectivity index (χ1) is 9.73. The lowest BCUT2D eigenvalue weighted by atomic mass is 9.75. The van der Waals surface area contributed by atoms with Gasteiger partial charge in [0.1, 0.15) is 5.56 Å². The number of pyridine rings is 1. The molecule has 0 radical (unpaired) electrons. The summed E-state index contributed by atoms with van der Waals surface area (Å²) in [4.78, 5) is 39.0. The van der Waals surface area contributed by atoms with Crippen molar-refractivity contribution >= 4 is 24.1 Å². The number of fused-ring (bicyclic) bond motifs is 1. The minimum atomic E-state index is -0.505. The Labute approximate surface area is 135 Å². The molecule has 122 valence electrons. The largest absolute Gasteiger partial charge is 0.348 e. The highest BCUT2D eigenvalue weighted by atomic mass is 35.5. The van der Waals surface area contributed by atoms with Crippen LogP contribution >= 0.6 is 12.4 Å². The number of carbonyl (C=O) groups is 2. The summed E-state index contributed by atoms with van der Waals surface area (Å²) in [7, 11) is 0. The number of aromatic nitrogens is 1. The monoisotopic (exact) mass is 327 g/mol. The molecule has 1 heterocycles. The smallest absolute Gasteiger partial charge is 0.261 e. The van der Waals surface area contributed by atoms with Gasteiger partial charge in [0.15, 0.2) is 5.78 Å². The van der Waals surface area contributed by atoms with E-state index in [4.69, 9.17) is 5.73 Å². The van der Waals surface area contributed by atoms with E-state index >= 15 is 0 Å². The Kier molecular flexibility index (Phi) is 5.54. The van der Waals surface area contributed by atoms with Crippen LogP contribution < -0.4 is 16.6 Å². The molecular weight excluding hydrogens is 306 g/mol. The molecule has 1 atom stereocenters. The quantitative estimate of drug-likeness (QED) is 0.771. The fourth-order valence-electron chi connectivity index (χ4n) is 2.56. The Bertz CT molecular complexity index is 652. The van der Waals surface area contributed by atoms with Crippen molar-refractivity contribution in [3.63, 3.8) is 0 Å². The predicted octanol–water partition coefficient (Wildman–Crippen LogP) is 1.03. The van der Waals surface area contributed by atoms with Crippen LogP contribution in [0.3, 0.4) is 0 Å². The number of ketones is 1. The SMILES string of the molecule is C[C@@H](CN)NC(=O)c1cc2c([nH]c1=O)CC(C)(C)CC2=O.Cl. The zero-order valence-electron chi connectivity index (χ0n) is 13.0. The van der Waals surface area contributed by atoms with Gasteiger partial charge < -0.3 is 16.0 Å². The van der Waals surface area contributed by atoms with Crippen LogP contribution in [0.4, 0.5) is 0 Å². The molecule has 0 saturated carbocycles. The molecule has 7 heteroatoms. The molecule has 1 amide bonds. The van der Waals surface area contributed by atoms with E-state index < -0.39 is 11.5 Å². The summed E-state index contributed by atoms with van der Waals surface area (Å²) in [5.41, 5.74) is 5.82. The average molecular weight is 328 g/mol. The van der Waals surface area contributed by atoms with Crippen molar-refractivity contribution in [1.82, 2.24) is 10.3 Å². The van der Waals surface area contributed by atoms with Crippen molar-refractivity contribution in [3.8, 4) is 0 Å². The fourth-order valence-corrected chi connectivity index (χ4v) is 2.56. The third-order valence-corrected chi connectivity index (χ3v) is 3.69. The van der Waals surface area contributed by atoms with Crippen molar-refractivity contribution in [3.05, 3.63) is 33.2 Å². The number of hydrogen-bond donors (Lipinski definition) is 3. The first-order valence-electron chi connectivity index (χ1n) is 7.04. The van der Waals surface area contributed by atoms with Crippen molar-refractivity contribution in [2.45, 2.75) is 39.7 Å². The Hall–Kier alpha value is -1.66. The summed E-state index contributed by atoms with van der Waals surface area (Å²) >= 11 is 0. The van der Waals surface area contributed by atoms with Crippen LogP contribution in [0.5, 0.6) is 0 Å². The number of nitrogens with one attached hydrogen (secondary N) is 2. The number of H-pyrrole nitrogens is 1. The van der Waals surface area contributed by atoms with E-state index in [1.165, 1.54) is 6.07 Å². The molecule has 4 N–H and O–H groups in total. The Balaban J connectivity index is 0.00000242. The molecule has 0 aliphatic heterocycles. The minimum Gasteiger partial charge on any atom is -0.348 e. The van der Waals surface area contributed by atoms with E-state index in [0.717, 1.165) is 0 Å². The van der Waals surface area contributed by atoms with E-state index in [9.17, 15) is 14.4 Å². The van der Waals surface area contributed by atoms with Crippen molar-refractivity contribution in [2.75, 3.05) is 6.54 Å². The van der Waals surface area contributed by atoms with Crippen LogP contribution in [0.1, 0.15) is 53.6 Å². The van der Waals surface area contributed by atoms with Crippen LogP contribution in [0.25, 0.3) is 0 Å². The van der Waals surface area contributed by atoms with E-state index in [0.29, 0.717) is 24.1 Å². The first-order valence-corrected chi connectivity index (χ1v) is 7.04. The lowest BCUT2D eigenvalue weighted by molar-refractivity contribution is 0.0910. The first kappa shape index (κ1) is 18.4. The average Bonchev–Trinajstić information content (AvgIpc) is 2.36. The van der Waals surface area contributed by atoms with Crippen LogP contribution in [-0.4, -0.2) is 29.3 Å². The molecule has 1 aromatic rings. The molecule has 0 saturated heterocycles. The molecule has 22 heavy (non-hydrogen) atoms. The maximum Gasteiger partial charge on any atom is 0.261 e. The number of rotatable bonds is 3. The second-order valence-corrected chi connectivity index (χ2v) is 6.46. The van der Waals surface area contributed by atoms with Crippen LogP contribution in [-0.2, 0) is 6.42 Å². The van der Waals surface area contributed by atoms with Gasteiger partial charge in [-0.15, -0.1) is 12.4 Å². The molecule has 6 nitrogen and oxygen atoms in total.